The number of hydrogen-bond donors (Lipinski definition) is 1. The van der Waals surface area contributed by atoms with E-state index >= 15 is 0 Å². The number of halogens is 1. The maximum absolute atomic E-state index is 11.7. The number of fused-ring (bicyclic) bond motifs is 3. The first-order valence-electron chi connectivity index (χ1n) is 9.70. The van der Waals surface area contributed by atoms with Crippen molar-refractivity contribution in [2.45, 2.75) is 33.2 Å². The van der Waals surface area contributed by atoms with Crippen LogP contribution in [0, 0.1) is 6.92 Å². The van der Waals surface area contributed by atoms with Gasteiger partial charge in [0.15, 0.2) is 5.82 Å². The maximum Gasteiger partial charge on any atom is 0.220 e. The van der Waals surface area contributed by atoms with Crippen LogP contribution in [0.25, 0.3) is 5.69 Å². The van der Waals surface area contributed by atoms with Gasteiger partial charge in [-0.2, -0.15) is 0 Å². The molecule has 0 saturated carbocycles. The molecule has 3 aromatic rings. The van der Waals surface area contributed by atoms with Gasteiger partial charge in [0.1, 0.15) is 17.6 Å². The lowest BCUT2D eigenvalue weighted by Gasteiger charge is -2.14. The Labute approximate surface area is 180 Å². The second-order valence-electron chi connectivity index (χ2n) is 6.49. The first-order chi connectivity index (χ1) is 14.5. The number of methoxy groups -OCH3 is 1. The Balaban J connectivity index is 0.00000124. The molecular formula is C22H24ClN5O2. The fourth-order valence-electron chi connectivity index (χ4n) is 3.37. The topological polar surface area (TPSA) is 95.4 Å². The molecule has 0 radical (unpaired) electrons. The average molecular weight is 426 g/mol. The van der Waals surface area contributed by atoms with Crippen molar-refractivity contribution in [3.05, 3.63) is 70.3 Å². The van der Waals surface area contributed by atoms with Crippen LogP contribution in [0.2, 0.25) is 5.02 Å². The molecule has 2 N–H and O–H groups in total. The minimum Gasteiger partial charge on any atom is -0.497 e. The number of nitrogens with two attached hydrogens (primary N) is 1. The Morgan fingerprint density at radius 3 is 2.50 bits per heavy atom. The van der Waals surface area contributed by atoms with Gasteiger partial charge in [-0.1, -0.05) is 37.6 Å². The highest BCUT2D eigenvalue weighted by Crippen LogP contribution is 2.34. The SMILES string of the molecule is CC.COc1ccc2c(c1)C(c1ccc(Cl)cc1)=N[C@@H](CC(N)=O)c1nnc(C)n1-2. The number of benzene rings is 2. The number of carbonyl (C=O) groups excluding carboxylic acids is 1. The summed E-state index contributed by atoms with van der Waals surface area (Å²) in [6.07, 6.45) is 0.0281. The predicted molar refractivity (Wildman–Crippen MR) is 118 cm³/mol. The molecular weight excluding hydrogens is 402 g/mol. The van der Waals surface area contributed by atoms with E-state index in [-0.39, 0.29) is 6.42 Å². The third kappa shape index (κ3) is 4.07. The molecule has 156 valence electrons. The molecule has 30 heavy (non-hydrogen) atoms. The van der Waals surface area contributed by atoms with Crippen molar-refractivity contribution in [3.63, 3.8) is 0 Å². The number of rotatable bonds is 4. The summed E-state index contributed by atoms with van der Waals surface area (Å²) in [5, 5.41) is 9.10. The molecule has 0 bridgehead atoms. The number of aliphatic imine (C=N–C) groups is 1. The summed E-state index contributed by atoms with van der Waals surface area (Å²) in [6, 6.07) is 12.6. The van der Waals surface area contributed by atoms with Crippen LogP contribution in [0.4, 0.5) is 0 Å². The highest BCUT2D eigenvalue weighted by Gasteiger charge is 2.29. The molecule has 7 nitrogen and oxygen atoms in total. The highest BCUT2D eigenvalue weighted by atomic mass is 35.5. The number of hydrogen-bond acceptors (Lipinski definition) is 5. The molecule has 1 atom stereocenters. The monoisotopic (exact) mass is 425 g/mol. The number of aromatic nitrogens is 3. The molecule has 1 amide bonds. The molecule has 0 saturated heterocycles. The van der Waals surface area contributed by atoms with Gasteiger partial charge in [0, 0.05) is 16.1 Å². The van der Waals surface area contributed by atoms with E-state index in [2.05, 4.69) is 10.2 Å². The zero-order valence-corrected chi connectivity index (χ0v) is 18.1. The van der Waals surface area contributed by atoms with Crippen molar-refractivity contribution in [1.29, 1.82) is 0 Å². The fraction of sp³-hybridized carbons (Fsp3) is 0.273. The third-order valence-electron chi connectivity index (χ3n) is 4.64. The summed E-state index contributed by atoms with van der Waals surface area (Å²) in [5.41, 5.74) is 8.77. The third-order valence-corrected chi connectivity index (χ3v) is 4.90. The smallest absolute Gasteiger partial charge is 0.220 e. The Hall–Kier alpha value is -3.19. The zero-order chi connectivity index (χ0) is 21.8. The maximum atomic E-state index is 11.7. The van der Waals surface area contributed by atoms with E-state index in [1.807, 2.05) is 55.7 Å². The van der Waals surface area contributed by atoms with E-state index < -0.39 is 11.9 Å². The summed E-state index contributed by atoms with van der Waals surface area (Å²) in [4.78, 5) is 16.6. The minimum absolute atomic E-state index is 0.0281. The zero-order valence-electron chi connectivity index (χ0n) is 17.4. The number of ether oxygens (including phenoxy) is 1. The molecule has 8 heteroatoms. The van der Waals surface area contributed by atoms with E-state index in [0.29, 0.717) is 28.1 Å². The summed E-state index contributed by atoms with van der Waals surface area (Å²) >= 11 is 6.06. The quantitative estimate of drug-likeness (QED) is 0.682. The molecule has 0 fully saturated rings. The van der Waals surface area contributed by atoms with Crippen LogP contribution < -0.4 is 10.5 Å². The van der Waals surface area contributed by atoms with Crippen LogP contribution in [0.15, 0.2) is 47.5 Å². The van der Waals surface area contributed by atoms with Crippen LogP contribution in [0.3, 0.4) is 0 Å². The second-order valence-corrected chi connectivity index (χ2v) is 6.93. The lowest BCUT2D eigenvalue weighted by atomic mass is 10.00. The second kappa shape index (κ2) is 9.09. The van der Waals surface area contributed by atoms with Crippen LogP contribution in [0.5, 0.6) is 5.75 Å². The van der Waals surface area contributed by atoms with Crippen LogP contribution in [0.1, 0.15) is 49.1 Å². The summed E-state index contributed by atoms with van der Waals surface area (Å²) < 4.78 is 7.34. The number of primary amides is 1. The lowest BCUT2D eigenvalue weighted by molar-refractivity contribution is -0.118. The van der Waals surface area contributed by atoms with E-state index in [9.17, 15) is 4.79 Å². The summed E-state index contributed by atoms with van der Waals surface area (Å²) in [7, 11) is 1.61. The van der Waals surface area contributed by atoms with E-state index in [4.69, 9.17) is 27.1 Å². The van der Waals surface area contributed by atoms with Crippen molar-refractivity contribution in [3.8, 4) is 11.4 Å². The van der Waals surface area contributed by atoms with Crippen molar-refractivity contribution in [2.24, 2.45) is 10.7 Å². The van der Waals surface area contributed by atoms with Gasteiger partial charge in [0.05, 0.1) is 24.9 Å². The molecule has 0 unspecified atom stereocenters. The fourth-order valence-corrected chi connectivity index (χ4v) is 3.49. The Bertz CT molecular complexity index is 1090. The van der Waals surface area contributed by atoms with E-state index in [0.717, 1.165) is 16.8 Å². The van der Waals surface area contributed by atoms with Crippen LogP contribution in [-0.4, -0.2) is 33.5 Å². The highest BCUT2D eigenvalue weighted by molar-refractivity contribution is 6.30. The Morgan fingerprint density at radius 1 is 1.17 bits per heavy atom. The van der Waals surface area contributed by atoms with Gasteiger partial charge in [-0.15, -0.1) is 10.2 Å². The lowest BCUT2D eigenvalue weighted by Crippen LogP contribution is -2.17. The molecule has 1 aromatic heterocycles. The number of carbonyl (C=O) groups is 1. The molecule has 2 aromatic carbocycles. The van der Waals surface area contributed by atoms with Crippen molar-refractivity contribution in [1.82, 2.24) is 14.8 Å². The largest absolute Gasteiger partial charge is 0.497 e. The first-order valence-corrected chi connectivity index (χ1v) is 10.1. The van der Waals surface area contributed by atoms with Gasteiger partial charge in [0.2, 0.25) is 5.91 Å². The van der Waals surface area contributed by atoms with Crippen molar-refractivity contribution in [2.75, 3.05) is 7.11 Å². The molecule has 1 aliphatic rings. The Morgan fingerprint density at radius 2 is 1.87 bits per heavy atom. The van der Waals surface area contributed by atoms with Gasteiger partial charge in [-0.05, 0) is 37.3 Å². The standard InChI is InChI=1S/C20H18ClN5O2.C2H6/c1-11-24-25-20-16(10-18(22)27)23-19(12-3-5-13(21)6-4-12)15-9-14(28-2)7-8-17(15)26(11)20;1-2/h3-9,16H,10H2,1-2H3,(H2,22,27);1-2H3/t16-;/m0./s1. The predicted octanol–water partition coefficient (Wildman–Crippen LogP) is 4.03. The normalized spacial score (nSPS) is 14.4. The number of nitrogens with zero attached hydrogens (tertiary/aromatic N) is 4. The van der Waals surface area contributed by atoms with E-state index in [1.54, 1.807) is 19.2 Å². The van der Waals surface area contributed by atoms with Crippen LogP contribution >= 0.6 is 11.6 Å². The molecule has 0 aliphatic carbocycles. The van der Waals surface area contributed by atoms with Gasteiger partial charge in [-0.3, -0.25) is 14.4 Å². The van der Waals surface area contributed by atoms with Gasteiger partial charge >= 0.3 is 0 Å². The minimum atomic E-state index is -0.553. The molecule has 4 rings (SSSR count). The molecule has 1 aliphatic heterocycles. The van der Waals surface area contributed by atoms with Gasteiger partial charge in [-0.25, -0.2) is 0 Å². The summed E-state index contributed by atoms with van der Waals surface area (Å²) in [6.45, 7) is 5.86. The van der Waals surface area contributed by atoms with Gasteiger partial charge in [0.25, 0.3) is 0 Å². The first kappa shape index (κ1) is 21.5. The van der Waals surface area contributed by atoms with Crippen molar-refractivity contribution < 1.29 is 9.53 Å². The van der Waals surface area contributed by atoms with E-state index in [1.165, 1.54) is 0 Å². The van der Waals surface area contributed by atoms with Gasteiger partial charge < -0.3 is 10.5 Å². The van der Waals surface area contributed by atoms with Crippen molar-refractivity contribution >= 4 is 23.2 Å². The average Bonchev–Trinajstić information content (AvgIpc) is 3.07. The van der Waals surface area contributed by atoms with Crippen LogP contribution in [-0.2, 0) is 4.79 Å². The number of amides is 1. The number of aryl methyl sites for hydroxylation is 1. The summed E-state index contributed by atoms with van der Waals surface area (Å²) in [5.74, 6) is 1.51. The molecule has 0 spiro atoms. The Kier molecular flexibility index (Phi) is 6.52. The molecule has 2 heterocycles.